The summed E-state index contributed by atoms with van der Waals surface area (Å²) >= 11 is 0. The van der Waals surface area contributed by atoms with Gasteiger partial charge in [0, 0.05) is 18.8 Å². The highest BCUT2D eigenvalue weighted by Gasteiger charge is 2.35. The molecule has 1 heterocycles. The van der Waals surface area contributed by atoms with Gasteiger partial charge >= 0.3 is 6.03 Å². The van der Waals surface area contributed by atoms with Crippen molar-refractivity contribution >= 4 is 27.6 Å². The van der Waals surface area contributed by atoms with Crippen LogP contribution in [0.5, 0.6) is 5.75 Å². The summed E-state index contributed by atoms with van der Waals surface area (Å²) < 4.78 is 32.5. The molecule has 1 saturated heterocycles. The Balaban J connectivity index is 1.81. The van der Waals surface area contributed by atoms with Gasteiger partial charge in [0.05, 0.1) is 11.5 Å². The number of urea groups is 1. The Morgan fingerprint density at radius 3 is 2.23 bits per heavy atom. The molecule has 9 heteroatoms. The number of nitrogens with zero attached hydrogens (tertiary/aromatic N) is 2. The molecule has 3 amide bonds. The second kappa shape index (κ2) is 9.82. The average molecular weight is 446 g/mol. The van der Waals surface area contributed by atoms with Crippen LogP contribution in [0.25, 0.3) is 0 Å². The van der Waals surface area contributed by atoms with Crippen molar-refractivity contribution in [2.75, 3.05) is 31.6 Å². The van der Waals surface area contributed by atoms with E-state index in [-0.39, 0.29) is 4.90 Å². The SMILES string of the molecule is CCOc1ccc(NC(=O)CN(C(=O)N2CCCC2)S(=O)(=O)c2ccc(C)cc2)cc1. The van der Waals surface area contributed by atoms with Crippen LogP contribution < -0.4 is 10.1 Å². The van der Waals surface area contributed by atoms with Crippen LogP contribution in [0.15, 0.2) is 53.4 Å². The zero-order chi connectivity index (χ0) is 22.4. The summed E-state index contributed by atoms with van der Waals surface area (Å²) in [7, 11) is -4.19. The predicted octanol–water partition coefficient (Wildman–Crippen LogP) is 3.24. The highest BCUT2D eigenvalue weighted by molar-refractivity contribution is 7.89. The van der Waals surface area contributed by atoms with Gasteiger partial charge in [-0.15, -0.1) is 0 Å². The summed E-state index contributed by atoms with van der Waals surface area (Å²) in [5.41, 5.74) is 1.37. The summed E-state index contributed by atoms with van der Waals surface area (Å²) in [6.07, 6.45) is 1.62. The van der Waals surface area contributed by atoms with Gasteiger partial charge in [0.1, 0.15) is 12.3 Å². The van der Waals surface area contributed by atoms with Crippen molar-refractivity contribution in [2.24, 2.45) is 0 Å². The average Bonchev–Trinajstić information content (AvgIpc) is 3.28. The first-order valence-corrected chi connectivity index (χ1v) is 11.7. The number of nitrogens with one attached hydrogen (secondary N) is 1. The van der Waals surface area contributed by atoms with E-state index in [4.69, 9.17) is 4.74 Å². The molecule has 0 atom stereocenters. The third-order valence-electron chi connectivity index (χ3n) is 4.94. The van der Waals surface area contributed by atoms with Gasteiger partial charge in [-0.3, -0.25) is 4.79 Å². The van der Waals surface area contributed by atoms with Gasteiger partial charge in [-0.25, -0.2) is 17.5 Å². The van der Waals surface area contributed by atoms with Crippen molar-refractivity contribution in [3.05, 3.63) is 54.1 Å². The monoisotopic (exact) mass is 445 g/mol. The maximum Gasteiger partial charge on any atom is 0.334 e. The normalized spacial score (nSPS) is 13.7. The van der Waals surface area contributed by atoms with E-state index >= 15 is 0 Å². The fraction of sp³-hybridized carbons (Fsp3) is 0.364. The molecule has 0 aromatic heterocycles. The second-order valence-corrected chi connectivity index (χ2v) is 9.17. The maximum atomic E-state index is 13.2. The van der Waals surface area contributed by atoms with Gasteiger partial charge in [0.25, 0.3) is 10.0 Å². The van der Waals surface area contributed by atoms with E-state index in [0.29, 0.717) is 35.4 Å². The van der Waals surface area contributed by atoms with Gasteiger partial charge in [-0.1, -0.05) is 17.7 Å². The number of sulfonamides is 1. The van der Waals surface area contributed by atoms with Crippen LogP contribution in [0.1, 0.15) is 25.3 Å². The molecule has 0 bridgehead atoms. The first kappa shape index (κ1) is 22.6. The van der Waals surface area contributed by atoms with Crippen molar-refractivity contribution in [2.45, 2.75) is 31.6 Å². The molecule has 1 N–H and O–H groups in total. The quantitative estimate of drug-likeness (QED) is 0.706. The Hall–Kier alpha value is -3.07. The van der Waals surface area contributed by atoms with Crippen LogP contribution in [0.4, 0.5) is 10.5 Å². The Bertz CT molecular complexity index is 1010. The molecule has 166 valence electrons. The van der Waals surface area contributed by atoms with Crippen LogP contribution in [0.3, 0.4) is 0 Å². The molecule has 2 aromatic carbocycles. The summed E-state index contributed by atoms with van der Waals surface area (Å²) in [6, 6.07) is 12.2. The van der Waals surface area contributed by atoms with Gasteiger partial charge < -0.3 is 15.0 Å². The zero-order valence-electron chi connectivity index (χ0n) is 17.7. The van der Waals surface area contributed by atoms with E-state index in [9.17, 15) is 18.0 Å². The number of likely N-dealkylation sites (tertiary alicyclic amines) is 1. The van der Waals surface area contributed by atoms with E-state index < -0.39 is 28.5 Å². The summed E-state index contributed by atoms with van der Waals surface area (Å²) in [5.74, 6) is 0.0562. The number of rotatable bonds is 7. The fourth-order valence-corrected chi connectivity index (χ4v) is 4.63. The lowest BCUT2D eigenvalue weighted by molar-refractivity contribution is -0.116. The number of ether oxygens (including phenoxy) is 1. The Labute approximate surface area is 182 Å². The molecule has 2 aromatic rings. The molecule has 8 nitrogen and oxygen atoms in total. The number of benzene rings is 2. The van der Waals surface area contributed by atoms with Gasteiger partial charge in [-0.2, -0.15) is 0 Å². The minimum absolute atomic E-state index is 0.0282. The topological polar surface area (TPSA) is 96.0 Å². The van der Waals surface area contributed by atoms with Crippen LogP contribution >= 0.6 is 0 Å². The smallest absolute Gasteiger partial charge is 0.334 e. The van der Waals surface area contributed by atoms with Crippen molar-refractivity contribution < 1.29 is 22.7 Å². The zero-order valence-corrected chi connectivity index (χ0v) is 18.5. The largest absolute Gasteiger partial charge is 0.494 e. The maximum absolute atomic E-state index is 13.2. The molecule has 1 aliphatic rings. The number of hydrogen-bond acceptors (Lipinski definition) is 5. The van der Waals surface area contributed by atoms with Crippen LogP contribution in [0.2, 0.25) is 0 Å². The fourth-order valence-electron chi connectivity index (χ4n) is 3.29. The molecule has 0 spiro atoms. The van der Waals surface area contributed by atoms with E-state index in [1.54, 1.807) is 36.4 Å². The van der Waals surface area contributed by atoms with Crippen LogP contribution in [0, 0.1) is 6.92 Å². The molecule has 1 fully saturated rings. The van der Waals surface area contributed by atoms with E-state index in [1.165, 1.54) is 17.0 Å². The highest BCUT2D eigenvalue weighted by Crippen LogP contribution is 2.21. The number of carbonyl (C=O) groups is 2. The molecule has 0 unspecified atom stereocenters. The van der Waals surface area contributed by atoms with Crippen molar-refractivity contribution in [3.63, 3.8) is 0 Å². The Morgan fingerprint density at radius 1 is 1.03 bits per heavy atom. The van der Waals surface area contributed by atoms with E-state index in [2.05, 4.69) is 5.32 Å². The Morgan fingerprint density at radius 2 is 1.65 bits per heavy atom. The first-order chi connectivity index (χ1) is 14.8. The van der Waals surface area contributed by atoms with Gasteiger partial charge in [0.15, 0.2) is 0 Å². The highest BCUT2D eigenvalue weighted by atomic mass is 32.2. The predicted molar refractivity (Wildman–Crippen MR) is 118 cm³/mol. The Kier molecular flexibility index (Phi) is 7.17. The second-order valence-electron chi connectivity index (χ2n) is 7.31. The van der Waals surface area contributed by atoms with Gasteiger partial charge in [0.2, 0.25) is 5.91 Å². The lowest BCUT2D eigenvalue weighted by atomic mass is 10.2. The molecule has 31 heavy (non-hydrogen) atoms. The number of carbonyl (C=O) groups excluding carboxylic acids is 2. The van der Waals surface area contributed by atoms with E-state index in [0.717, 1.165) is 18.4 Å². The summed E-state index contributed by atoms with van der Waals surface area (Å²) in [5, 5.41) is 2.65. The summed E-state index contributed by atoms with van der Waals surface area (Å²) in [4.78, 5) is 27.1. The molecular weight excluding hydrogens is 418 g/mol. The number of amides is 3. The third kappa shape index (κ3) is 5.55. The van der Waals surface area contributed by atoms with Crippen molar-refractivity contribution in [3.8, 4) is 5.75 Å². The molecule has 3 rings (SSSR count). The number of anilines is 1. The van der Waals surface area contributed by atoms with E-state index in [1.807, 2.05) is 13.8 Å². The van der Waals surface area contributed by atoms with Gasteiger partial charge in [-0.05, 0) is 63.1 Å². The van der Waals surface area contributed by atoms with Crippen molar-refractivity contribution in [1.82, 2.24) is 9.21 Å². The molecule has 0 aliphatic carbocycles. The van der Waals surface area contributed by atoms with Crippen molar-refractivity contribution in [1.29, 1.82) is 0 Å². The van der Waals surface area contributed by atoms with Crippen LogP contribution in [-0.2, 0) is 14.8 Å². The minimum Gasteiger partial charge on any atom is -0.494 e. The molecule has 0 radical (unpaired) electrons. The molecular formula is C22H27N3O5S. The van der Waals surface area contributed by atoms with Crippen LogP contribution in [-0.4, -0.2) is 55.8 Å². The minimum atomic E-state index is -4.19. The molecule has 1 aliphatic heterocycles. The third-order valence-corrected chi connectivity index (χ3v) is 6.67. The number of hydrogen-bond donors (Lipinski definition) is 1. The summed E-state index contributed by atoms with van der Waals surface area (Å²) in [6.45, 7) is 4.57. The molecule has 0 saturated carbocycles. The standard InChI is InChI=1S/C22H27N3O5S/c1-3-30-19-10-8-18(9-11-19)23-21(26)16-25(22(27)24-14-4-5-15-24)31(28,29)20-12-6-17(2)7-13-20/h6-13H,3-5,14-16H2,1-2H3,(H,23,26). The lowest BCUT2D eigenvalue weighted by Gasteiger charge is -2.27. The number of aryl methyl sites for hydroxylation is 1. The lowest BCUT2D eigenvalue weighted by Crippen LogP contribution is -2.48. The first-order valence-electron chi connectivity index (χ1n) is 10.2.